The lowest BCUT2D eigenvalue weighted by atomic mass is 9.96. The summed E-state index contributed by atoms with van der Waals surface area (Å²) in [6.07, 6.45) is 5.51. The minimum Gasteiger partial charge on any atom is -0.191 e. The van der Waals surface area contributed by atoms with Crippen LogP contribution >= 0.6 is 12.6 Å². The van der Waals surface area contributed by atoms with Crippen LogP contribution in [0.2, 0.25) is 0 Å². The SMILES string of the molecule is O=S=NC1(S)CCCCC1. The summed E-state index contributed by atoms with van der Waals surface area (Å²) >= 11 is 4.65. The fraction of sp³-hybridized carbons (Fsp3) is 1.00. The molecule has 0 unspecified atom stereocenters. The summed E-state index contributed by atoms with van der Waals surface area (Å²) < 4.78 is 13.9. The number of hydrogen-bond donors (Lipinski definition) is 1. The molecule has 0 heterocycles. The lowest BCUT2D eigenvalue weighted by molar-refractivity contribution is 0.415. The van der Waals surface area contributed by atoms with Gasteiger partial charge in [-0.05, 0) is 12.8 Å². The van der Waals surface area contributed by atoms with Crippen LogP contribution in [-0.2, 0) is 11.5 Å². The summed E-state index contributed by atoms with van der Waals surface area (Å²) in [7, 11) is 0. The predicted molar refractivity (Wildman–Crippen MR) is 45.4 cm³/mol. The Morgan fingerprint density at radius 3 is 2.40 bits per heavy atom. The molecule has 58 valence electrons. The van der Waals surface area contributed by atoms with Gasteiger partial charge in [-0.1, -0.05) is 19.3 Å². The first-order chi connectivity index (χ1) is 4.77. The smallest absolute Gasteiger partial charge is 0.191 e. The highest BCUT2D eigenvalue weighted by Gasteiger charge is 2.26. The molecular formula is C6H11NOS2. The molecule has 1 rings (SSSR count). The number of rotatable bonds is 1. The lowest BCUT2D eigenvalue weighted by Crippen LogP contribution is -2.21. The van der Waals surface area contributed by atoms with Crippen LogP contribution in [0, 0.1) is 0 Å². The zero-order valence-electron chi connectivity index (χ0n) is 5.75. The van der Waals surface area contributed by atoms with E-state index >= 15 is 0 Å². The summed E-state index contributed by atoms with van der Waals surface area (Å²) in [6, 6.07) is 0. The first-order valence-electron chi connectivity index (χ1n) is 3.50. The van der Waals surface area contributed by atoms with Gasteiger partial charge in [-0.2, -0.15) is 8.57 Å². The van der Waals surface area contributed by atoms with Crippen LogP contribution < -0.4 is 0 Å². The molecule has 0 spiro atoms. The molecule has 1 aliphatic carbocycles. The summed E-state index contributed by atoms with van der Waals surface area (Å²) in [5.41, 5.74) is 0. The molecule has 10 heavy (non-hydrogen) atoms. The molecule has 0 aliphatic heterocycles. The van der Waals surface area contributed by atoms with Gasteiger partial charge < -0.3 is 0 Å². The fourth-order valence-electron chi connectivity index (χ4n) is 1.28. The third kappa shape index (κ3) is 2.09. The molecule has 0 aromatic rings. The van der Waals surface area contributed by atoms with Crippen molar-refractivity contribution in [2.45, 2.75) is 37.0 Å². The van der Waals surface area contributed by atoms with Crippen molar-refractivity contribution in [1.29, 1.82) is 0 Å². The monoisotopic (exact) mass is 177 g/mol. The van der Waals surface area contributed by atoms with Gasteiger partial charge in [-0.3, -0.25) is 0 Å². The maximum absolute atomic E-state index is 10.1. The molecule has 0 saturated heterocycles. The van der Waals surface area contributed by atoms with E-state index < -0.39 is 0 Å². The van der Waals surface area contributed by atoms with Gasteiger partial charge in [0.1, 0.15) is 4.87 Å². The third-order valence-corrected chi connectivity index (χ3v) is 2.97. The molecule has 0 atom stereocenters. The van der Waals surface area contributed by atoms with E-state index in [0.29, 0.717) is 11.5 Å². The van der Waals surface area contributed by atoms with Gasteiger partial charge in [0.05, 0.1) is 0 Å². The minimum atomic E-state index is -0.301. The highest BCUT2D eigenvalue weighted by molar-refractivity contribution is 7.82. The quantitative estimate of drug-likeness (QED) is 0.610. The zero-order chi connectivity index (χ0) is 7.45. The molecule has 2 nitrogen and oxygen atoms in total. The van der Waals surface area contributed by atoms with Crippen molar-refractivity contribution in [3.63, 3.8) is 0 Å². The Balaban J connectivity index is 2.56. The van der Waals surface area contributed by atoms with Crippen LogP contribution in [0.25, 0.3) is 0 Å². The highest BCUT2D eigenvalue weighted by Crippen LogP contribution is 2.34. The van der Waals surface area contributed by atoms with Gasteiger partial charge in [-0.15, -0.1) is 12.6 Å². The maximum Gasteiger partial charge on any atom is 0.200 e. The first-order valence-corrected chi connectivity index (χ1v) is 4.65. The second-order valence-electron chi connectivity index (χ2n) is 2.71. The molecule has 0 bridgehead atoms. The zero-order valence-corrected chi connectivity index (χ0v) is 7.46. The van der Waals surface area contributed by atoms with Crippen LogP contribution in [0.1, 0.15) is 32.1 Å². The summed E-state index contributed by atoms with van der Waals surface area (Å²) in [6.45, 7) is 0. The molecule has 1 saturated carbocycles. The second-order valence-corrected chi connectivity index (χ2v) is 3.87. The number of thiol groups is 1. The Hall–Kier alpha value is 0.170. The van der Waals surface area contributed by atoms with Gasteiger partial charge in [0.15, 0.2) is 0 Å². The van der Waals surface area contributed by atoms with Crippen molar-refractivity contribution < 1.29 is 4.21 Å². The Morgan fingerprint density at radius 1 is 1.30 bits per heavy atom. The minimum absolute atomic E-state index is 0.301. The van der Waals surface area contributed by atoms with Crippen molar-refractivity contribution >= 4 is 24.1 Å². The highest BCUT2D eigenvalue weighted by atomic mass is 32.1. The Kier molecular flexibility index (Phi) is 2.92. The molecule has 0 aromatic carbocycles. The third-order valence-electron chi connectivity index (χ3n) is 1.86. The van der Waals surface area contributed by atoms with Crippen molar-refractivity contribution in [3.8, 4) is 0 Å². The predicted octanol–water partition coefficient (Wildman–Crippen LogP) is 1.97. The van der Waals surface area contributed by atoms with Crippen LogP contribution in [0.4, 0.5) is 0 Å². The van der Waals surface area contributed by atoms with E-state index in [1.54, 1.807) is 0 Å². The van der Waals surface area contributed by atoms with Gasteiger partial charge in [0.2, 0.25) is 11.5 Å². The van der Waals surface area contributed by atoms with Crippen LogP contribution in [-0.4, -0.2) is 9.08 Å². The normalized spacial score (nSPS) is 23.7. The largest absolute Gasteiger partial charge is 0.200 e. The van der Waals surface area contributed by atoms with Gasteiger partial charge in [0, 0.05) is 0 Å². The Bertz CT molecular complexity index is 159. The average molecular weight is 177 g/mol. The van der Waals surface area contributed by atoms with Crippen molar-refractivity contribution in [2.24, 2.45) is 4.36 Å². The molecular weight excluding hydrogens is 166 g/mol. The first kappa shape index (κ1) is 8.27. The Labute approximate surface area is 70.1 Å². The Morgan fingerprint density at radius 2 is 1.90 bits per heavy atom. The molecule has 0 radical (unpaired) electrons. The molecule has 1 fully saturated rings. The topological polar surface area (TPSA) is 29.4 Å². The second kappa shape index (κ2) is 3.53. The molecule has 0 amide bonds. The van der Waals surface area contributed by atoms with Crippen LogP contribution in [0.15, 0.2) is 4.36 Å². The fourth-order valence-corrected chi connectivity index (χ4v) is 2.02. The van der Waals surface area contributed by atoms with E-state index in [1.165, 1.54) is 6.42 Å². The van der Waals surface area contributed by atoms with Gasteiger partial charge in [-0.25, -0.2) is 0 Å². The molecule has 4 heteroatoms. The summed E-state index contributed by atoms with van der Waals surface area (Å²) in [4.78, 5) is -0.301. The van der Waals surface area contributed by atoms with E-state index in [-0.39, 0.29) is 4.87 Å². The van der Waals surface area contributed by atoms with Crippen molar-refractivity contribution in [3.05, 3.63) is 0 Å². The standard InChI is InChI=1S/C6H11NOS2/c8-10-7-6(9)4-2-1-3-5-6/h9H,1-5H2. The van der Waals surface area contributed by atoms with E-state index in [2.05, 4.69) is 17.0 Å². The molecule has 1 aliphatic rings. The van der Waals surface area contributed by atoms with Crippen LogP contribution in [0.3, 0.4) is 0 Å². The van der Waals surface area contributed by atoms with Crippen LogP contribution in [0.5, 0.6) is 0 Å². The van der Waals surface area contributed by atoms with Gasteiger partial charge in [0.25, 0.3) is 0 Å². The lowest BCUT2D eigenvalue weighted by Gasteiger charge is -2.26. The maximum atomic E-state index is 10.1. The summed E-state index contributed by atoms with van der Waals surface area (Å²) in [5.74, 6) is 0. The average Bonchev–Trinajstić information content (AvgIpc) is 1.89. The van der Waals surface area contributed by atoms with Crippen molar-refractivity contribution in [2.75, 3.05) is 0 Å². The van der Waals surface area contributed by atoms with Crippen molar-refractivity contribution in [1.82, 2.24) is 0 Å². The molecule has 0 aromatic heterocycles. The summed E-state index contributed by atoms with van der Waals surface area (Å²) in [5, 5.41) is 0. The van der Waals surface area contributed by atoms with E-state index in [0.717, 1.165) is 25.7 Å². The van der Waals surface area contributed by atoms with Gasteiger partial charge >= 0.3 is 0 Å². The van der Waals surface area contributed by atoms with E-state index in [9.17, 15) is 4.21 Å². The number of nitrogens with zero attached hydrogens (tertiary/aromatic N) is 1. The van der Waals surface area contributed by atoms with E-state index in [1.807, 2.05) is 0 Å². The van der Waals surface area contributed by atoms with E-state index in [4.69, 9.17) is 0 Å². The molecule has 0 N–H and O–H groups in total. The number of hydrogen-bond acceptors (Lipinski definition) is 3.